The number of Topliss-reactive ketones (excluding diaryl/α,β-unsaturated/α-hetero) is 1. The van der Waals surface area contributed by atoms with Crippen molar-refractivity contribution in [2.45, 2.75) is 26.3 Å². The fourth-order valence-electron chi connectivity index (χ4n) is 0.447. The highest BCUT2D eigenvalue weighted by molar-refractivity contribution is 5.94. The van der Waals surface area contributed by atoms with Crippen LogP contribution in [0.25, 0.3) is 0 Å². The molecule has 0 atom stereocenters. The molecule has 0 radical (unpaired) electrons. The van der Waals surface area contributed by atoms with Gasteiger partial charge in [0.25, 0.3) is 0 Å². The van der Waals surface area contributed by atoms with Gasteiger partial charge >= 0.3 is 0 Å². The van der Waals surface area contributed by atoms with Gasteiger partial charge in [0.05, 0.1) is 5.54 Å². The van der Waals surface area contributed by atoms with Crippen LogP contribution >= 0.6 is 0 Å². The molecule has 0 bridgehead atoms. The molecule has 62 valence electrons. The summed E-state index contributed by atoms with van der Waals surface area (Å²) < 4.78 is 0. The van der Waals surface area contributed by atoms with Crippen molar-refractivity contribution in [2.24, 2.45) is 0 Å². The summed E-state index contributed by atoms with van der Waals surface area (Å²) >= 11 is 0. The summed E-state index contributed by atoms with van der Waals surface area (Å²) in [7, 11) is 0. The van der Waals surface area contributed by atoms with Gasteiger partial charge in [0.1, 0.15) is 0 Å². The summed E-state index contributed by atoms with van der Waals surface area (Å²) in [6, 6.07) is 0. The van der Waals surface area contributed by atoms with Crippen LogP contribution in [0.2, 0.25) is 0 Å². The molecule has 1 amide bonds. The molecule has 0 spiro atoms. The number of amides is 1. The van der Waals surface area contributed by atoms with E-state index in [1.807, 2.05) is 0 Å². The highest BCUT2D eigenvalue weighted by Gasteiger charge is 2.24. The highest BCUT2D eigenvalue weighted by Crippen LogP contribution is 2.02. The maximum atomic E-state index is 10.9. The minimum Gasteiger partial charge on any atom is -0.341 e. The number of carbonyl (C=O) groups excluding carboxylic acids is 2. The highest BCUT2D eigenvalue weighted by atomic mass is 16.2. The van der Waals surface area contributed by atoms with Gasteiger partial charge in [-0.3, -0.25) is 9.59 Å². The van der Waals surface area contributed by atoms with E-state index in [1.165, 1.54) is 6.92 Å². The Bertz CT molecular complexity index is 194. The fraction of sp³-hybridized carbons (Fsp3) is 0.500. The Hall–Kier alpha value is -1.12. The Morgan fingerprint density at radius 2 is 1.91 bits per heavy atom. The smallest absolute Gasteiger partial charge is 0.244 e. The molecule has 0 aromatic rings. The van der Waals surface area contributed by atoms with Gasteiger partial charge in [-0.05, 0) is 26.8 Å². The Morgan fingerprint density at radius 1 is 1.45 bits per heavy atom. The van der Waals surface area contributed by atoms with Crippen LogP contribution in [0.1, 0.15) is 20.8 Å². The van der Waals surface area contributed by atoms with Crippen molar-refractivity contribution < 1.29 is 9.59 Å². The lowest BCUT2D eigenvalue weighted by Crippen LogP contribution is -2.48. The van der Waals surface area contributed by atoms with E-state index in [4.69, 9.17) is 0 Å². The van der Waals surface area contributed by atoms with E-state index >= 15 is 0 Å². The van der Waals surface area contributed by atoms with Gasteiger partial charge in [-0.25, -0.2) is 0 Å². The number of nitrogens with one attached hydrogen (secondary N) is 1. The van der Waals surface area contributed by atoms with Crippen molar-refractivity contribution in [3.8, 4) is 0 Å². The Kier molecular flexibility index (Phi) is 2.99. The molecule has 0 aliphatic heterocycles. The normalized spacial score (nSPS) is 10.5. The number of hydrogen-bond donors (Lipinski definition) is 1. The molecule has 0 saturated heterocycles. The zero-order valence-electron chi connectivity index (χ0n) is 7.10. The number of ketones is 1. The van der Waals surface area contributed by atoms with Gasteiger partial charge < -0.3 is 5.32 Å². The Morgan fingerprint density at radius 3 is 2.18 bits per heavy atom. The topological polar surface area (TPSA) is 46.2 Å². The van der Waals surface area contributed by atoms with Crippen molar-refractivity contribution >= 4 is 11.7 Å². The minimum atomic E-state index is -0.786. The van der Waals surface area contributed by atoms with Crippen molar-refractivity contribution in [1.29, 1.82) is 0 Å². The molecular formula is C8H13NO2. The third-order valence-electron chi connectivity index (χ3n) is 1.50. The van der Waals surface area contributed by atoms with Crippen molar-refractivity contribution in [2.75, 3.05) is 0 Å². The zero-order chi connectivity index (χ0) is 9.07. The second-order valence-corrected chi connectivity index (χ2v) is 2.87. The SMILES string of the molecule is C=CC(=O)NC(C)(C)C(C)=O. The number of hydrogen-bond acceptors (Lipinski definition) is 2. The van der Waals surface area contributed by atoms with E-state index in [0.717, 1.165) is 6.08 Å². The van der Waals surface area contributed by atoms with Gasteiger partial charge in [-0.15, -0.1) is 0 Å². The van der Waals surface area contributed by atoms with E-state index < -0.39 is 5.54 Å². The van der Waals surface area contributed by atoms with E-state index in [-0.39, 0.29) is 11.7 Å². The molecule has 1 N–H and O–H groups in total. The summed E-state index contributed by atoms with van der Waals surface area (Å²) in [5, 5.41) is 2.50. The first kappa shape index (κ1) is 9.88. The van der Waals surface area contributed by atoms with E-state index in [0.29, 0.717) is 0 Å². The van der Waals surface area contributed by atoms with Crippen LogP contribution in [-0.4, -0.2) is 17.2 Å². The first-order chi connectivity index (χ1) is 4.90. The van der Waals surface area contributed by atoms with E-state index in [9.17, 15) is 9.59 Å². The molecule has 0 aliphatic carbocycles. The average Bonchev–Trinajstić information content (AvgIpc) is 1.86. The molecule has 0 heterocycles. The number of carbonyl (C=O) groups is 2. The quantitative estimate of drug-likeness (QED) is 0.608. The standard InChI is InChI=1S/C8H13NO2/c1-5-7(11)9-8(3,4)6(2)10/h5H,1H2,2-4H3,(H,9,11). The van der Waals surface area contributed by atoms with Gasteiger partial charge in [-0.1, -0.05) is 6.58 Å². The Labute approximate surface area is 66.5 Å². The second-order valence-electron chi connectivity index (χ2n) is 2.87. The predicted octanol–water partition coefficient (Wildman–Crippen LogP) is 0.656. The molecule has 3 heteroatoms. The second kappa shape index (κ2) is 3.32. The maximum absolute atomic E-state index is 10.9. The average molecular weight is 155 g/mol. The van der Waals surface area contributed by atoms with Gasteiger partial charge in [-0.2, -0.15) is 0 Å². The predicted molar refractivity (Wildman–Crippen MR) is 43.1 cm³/mol. The van der Waals surface area contributed by atoms with Crippen LogP contribution in [0, 0.1) is 0 Å². The van der Waals surface area contributed by atoms with Crippen molar-refractivity contribution in [3.63, 3.8) is 0 Å². The largest absolute Gasteiger partial charge is 0.341 e. The molecule has 0 rings (SSSR count). The summed E-state index contributed by atoms with van der Waals surface area (Å²) in [5.74, 6) is -0.405. The molecule has 0 unspecified atom stereocenters. The molecule has 0 saturated carbocycles. The number of rotatable bonds is 3. The summed E-state index contributed by atoms with van der Waals surface area (Å²) in [6.07, 6.45) is 1.14. The van der Waals surface area contributed by atoms with E-state index in [2.05, 4.69) is 11.9 Å². The van der Waals surface area contributed by atoms with Gasteiger partial charge in [0.15, 0.2) is 5.78 Å². The van der Waals surface area contributed by atoms with Crippen molar-refractivity contribution in [3.05, 3.63) is 12.7 Å². The summed E-state index contributed by atoms with van der Waals surface area (Å²) in [4.78, 5) is 21.6. The van der Waals surface area contributed by atoms with Crippen LogP contribution in [0.3, 0.4) is 0 Å². The third kappa shape index (κ3) is 2.98. The molecular weight excluding hydrogens is 142 g/mol. The van der Waals surface area contributed by atoms with Crippen LogP contribution in [0.4, 0.5) is 0 Å². The van der Waals surface area contributed by atoms with Crippen LogP contribution in [0.15, 0.2) is 12.7 Å². The third-order valence-corrected chi connectivity index (χ3v) is 1.50. The fourth-order valence-corrected chi connectivity index (χ4v) is 0.447. The molecule has 0 aromatic heterocycles. The lowest BCUT2D eigenvalue weighted by molar-refractivity contribution is -0.127. The molecule has 3 nitrogen and oxygen atoms in total. The first-order valence-electron chi connectivity index (χ1n) is 3.36. The van der Waals surface area contributed by atoms with Crippen LogP contribution in [0.5, 0.6) is 0 Å². The molecule has 11 heavy (non-hydrogen) atoms. The first-order valence-corrected chi connectivity index (χ1v) is 3.36. The van der Waals surface area contributed by atoms with E-state index in [1.54, 1.807) is 13.8 Å². The Balaban J connectivity index is 4.23. The lowest BCUT2D eigenvalue weighted by Gasteiger charge is -2.21. The van der Waals surface area contributed by atoms with Gasteiger partial charge in [0, 0.05) is 0 Å². The summed E-state index contributed by atoms with van der Waals surface area (Å²) in [5.41, 5.74) is -0.786. The zero-order valence-corrected chi connectivity index (χ0v) is 7.10. The van der Waals surface area contributed by atoms with Crippen LogP contribution < -0.4 is 5.32 Å². The maximum Gasteiger partial charge on any atom is 0.244 e. The van der Waals surface area contributed by atoms with Gasteiger partial charge in [0.2, 0.25) is 5.91 Å². The minimum absolute atomic E-state index is 0.0762. The lowest BCUT2D eigenvalue weighted by atomic mass is 10.0. The monoisotopic (exact) mass is 155 g/mol. The molecule has 0 aliphatic rings. The molecule has 0 fully saturated rings. The van der Waals surface area contributed by atoms with Crippen molar-refractivity contribution in [1.82, 2.24) is 5.32 Å². The molecule has 0 aromatic carbocycles. The summed E-state index contributed by atoms with van der Waals surface area (Å²) in [6.45, 7) is 8.01. The van der Waals surface area contributed by atoms with Crippen LogP contribution in [-0.2, 0) is 9.59 Å².